The van der Waals surface area contributed by atoms with Gasteiger partial charge in [0.2, 0.25) is 0 Å². The van der Waals surface area contributed by atoms with Crippen molar-refractivity contribution in [3.8, 4) is 0 Å². The third-order valence-electron chi connectivity index (χ3n) is 2.26. The number of pyridine rings is 1. The van der Waals surface area contributed by atoms with Gasteiger partial charge in [-0.25, -0.2) is 0 Å². The Morgan fingerprint density at radius 3 is 2.46 bits per heavy atom. The van der Waals surface area contributed by atoms with Crippen LogP contribution in [0.5, 0.6) is 0 Å². The van der Waals surface area contributed by atoms with Crippen molar-refractivity contribution in [2.24, 2.45) is 0 Å². The number of nitrogens with zero attached hydrogens (tertiary/aromatic N) is 1. The van der Waals surface area contributed by atoms with Gasteiger partial charge in [0.25, 0.3) is 0 Å². The molecular weight excluding hydrogens is 226 g/mol. The molecule has 0 saturated heterocycles. The minimum Gasteiger partial charge on any atom is -0.255 e. The molecule has 0 aliphatic carbocycles. The first-order valence-electron chi connectivity index (χ1n) is 4.20. The third kappa shape index (κ3) is 1.35. The molecule has 2 rings (SSSR count). The Labute approximate surface area is 85.9 Å². The molecule has 1 aromatic carbocycles. The van der Waals surface area contributed by atoms with E-state index in [2.05, 4.69) is 40.8 Å². The fraction of sp³-hybridized carbons (Fsp3) is 0.182. The van der Waals surface area contributed by atoms with Crippen molar-refractivity contribution in [2.75, 3.05) is 0 Å². The van der Waals surface area contributed by atoms with Crippen LogP contribution in [0, 0.1) is 13.8 Å². The van der Waals surface area contributed by atoms with Crippen LogP contribution >= 0.6 is 15.9 Å². The van der Waals surface area contributed by atoms with E-state index in [-0.39, 0.29) is 0 Å². The largest absolute Gasteiger partial charge is 0.255 e. The first kappa shape index (κ1) is 8.70. The number of benzene rings is 1. The highest BCUT2D eigenvalue weighted by Crippen LogP contribution is 2.26. The van der Waals surface area contributed by atoms with E-state index < -0.39 is 0 Å². The summed E-state index contributed by atoms with van der Waals surface area (Å²) in [7, 11) is 0. The van der Waals surface area contributed by atoms with Crippen molar-refractivity contribution in [1.29, 1.82) is 0 Å². The molecule has 0 fully saturated rings. The Balaban J connectivity index is 3.00. The molecule has 0 aliphatic heterocycles. The van der Waals surface area contributed by atoms with Crippen LogP contribution in [-0.2, 0) is 0 Å². The summed E-state index contributed by atoms with van der Waals surface area (Å²) in [5.41, 5.74) is 3.62. The predicted octanol–water partition coefficient (Wildman–Crippen LogP) is 3.61. The van der Waals surface area contributed by atoms with Gasteiger partial charge in [0.1, 0.15) is 0 Å². The molecule has 0 aliphatic rings. The molecule has 0 unspecified atom stereocenters. The van der Waals surface area contributed by atoms with Gasteiger partial charge >= 0.3 is 0 Å². The molecule has 1 heterocycles. The molecule has 0 N–H and O–H groups in total. The van der Waals surface area contributed by atoms with Crippen molar-refractivity contribution in [1.82, 2.24) is 4.98 Å². The highest BCUT2D eigenvalue weighted by molar-refractivity contribution is 9.10. The van der Waals surface area contributed by atoms with Crippen LogP contribution in [-0.4, -0.2) is 4.98 Å². The summed E-state index contributed by atoms with van der Waals surface area (Å²) < 4.78 is 1.07. The van der Waals surface area contributed by atoms with Gasteiger partial charge in [0, 0.05) is 16.1 Å². The minimum absolute atomic E-state index is 1.06. The zero-order valence-electron chi connectivity index (χ0n) is 7.63. The van der Waals surface area contributed by atoms with E-state index in [4.69, 9.17) is 0 Å². The molecule has 0 radical (unpaired) electrons. The molecular formula is C11H10BrN. The zero-order valence-corrected chi connectivity index (χ0v) is 9.22. The number of halogens is 1. The van der Waals surface area contributed by atoms with Crippen LogP contribution in [0.4, 0.5) is 0 Å². The number of hydrogen-bond acceptors (Lipinski definition) is 1. The Kier molecular flexibility index (Phi) is 2.08. The second kappa shape index (κ2) is 3.11. The summed E-state index contributed by atoms with van der Waals surface area (Å²) in [5, 5.41) is 1.26. The van der Waals surface area contributed by atoms with Gasteiger partial charge in [-0.3, -0.25) is 4.98 Å². The molecule has 0 bridgehead atoms. The standard InChI is InChI=1S/C11H10BrN/c1-7-3-4-9(12)11-10(7)8(2)5-6-13-11/h3-6H,1-2H3. The number of rotatable bonds is 0. The lowest BCUT2D eigenvalue weighted by Gasteiger charge is -2.05. The summed E-state index contributed by atoms with van der Waals surface area (Å²) in [6.45, 7) is 4.23. The van der Waals surface area contributed by atoms with Gasteiger partial charge in [-0.15, -0.1) is 0 Å². The zero-order chi connectivity index (χ0) is 9.42. The molecule has 66 valence electrons. The first-order chi connectivity index (χ1) is 6.20. The molecule has 0 spiro atoms. The van der Waals surface area contributed by atoms with E-state index in [0.717, 1.165) is 9.99 Å². The number of aromatic nitrogens is 1. The van der Waals surface area contributed by atoms with Gasteiger partial charge in [0.15, 0.2) is 0 Å². The van der Waals surface area contributed by atoms with Crippen LogP contribution in [0.1, 0.15) is 11.1 Å². The Bertz CT molecular complexity index is 455. The Morgan fingerprint density at radius 2 is 1.77 bits per heavy atom. The van der Waals surface area contributed by atoms with Gasteiger partial charge < -0.3 is 0 Å². The van der Waals surface area contributed by atoms with E-state index >= 15 is 0 Å². The van der Waals surface area contributed by atoms with Crippen LogP contribution in [0.2, 0.25) is 0 Å². The van der Waals surface area contributed by atoms with Gasteiger partial charge in [-0.1, -0.05) is 6.07 Å². The van der Waals surface area contributed by atoms with Crippen LogP contribution < -0.4 is 0 Å². The lowest BCUT2D eigenvalue weighted by atomic mass is 10.1. The van der Waals surface area contributed by atoms with Gasteiger partial charge in [0.05, 0.1) is 5.52 Å². The molecule has 2 heteroatoms. The minimum atomic E-state index is 1.06. The average molecular weight is 236 g/mol. The topological polar surface area (TPSA) is 12.9 Å². The van der Waals surface area contributed by atoms with Crippen LogP contribution in [0.25, 0.3) is 10.9 Å². The fourth-order valence-electron chi connectivity index (χ4n) is 1.60. The molecule has 1 nitrogen and oxygen atoms in total. The van der Waals surface area contributed by atoms with E-state index in [1.54, 1.807) is 0 Å². The summed E-state index contributed by atoms with van der Waals surface area (Å²) in [4.78, 5) is 4.36. The van der Waals surface area contributed by atoms with E-state index in [1.807, 2.05) is 18.3 Å². The van der Waals surface area contributed by atoms with Crippen molar-refractivity contribution in [3.05, 3.63) is 40.0 Å². The highest BCUT2D eigenvalue weighted by atomic mass is 79.9. The Morgan fingerprint density at radius 1 is 1.08 bits per heavy atom. The first-order valence-corrected chi connectivity index (χ1v) is 5.00. The lowest BCUT2D eigenvalue weighted by Crippen LogP contribution is -1.86. The maximum atomic E-state index is 4.36. The monoisotopic (exact) mass is 235 g/mol. The Hall–Kier alpha value is -0.890. The van der Waals surface area contributed by atoms with Crippen molar-refractivity contribution < 1.29 is 0 Å². The van der Waals surface area contributed by atoms with Crippen molar-refractivity contribution in [2.45, 2.75) is 13.8 Å². The second-order valence-electron chi connectivity index (χ2n) is 3.22. The van der Waals surface area contributed by atoms with Gasteiger partial charge in [-0.05, 0) is 53.0 Å². The smallest absolute Gasteiger partial charge is 0.0849 e. The number of hydrogen-bond donors (Lipinski definition) is 0. The maximum Gasteiger partial charge on any atom is 0.0849 e. The molecule has 2 aromatic rings. The summed E-state index contributed by atoms with van der Waals surface area (Å²) in [5.74, 6) is 0. The van der Waals surface area contributed by atoms with E-state index in [0.29, 0.717) is 0 Å². The molecule has 0 atom stereocenters. The van der Waals surface area contributed by atoms with Crippen molar-refractivity contribution in [3.63, 3.8) is 0 Å². The fourth-order valence-corrected chi connectivity index (χ4v) is 2.03. The summed E-state index contributed by atoms with van der Waals surface area (Å²) in [6, 6.07) is 6.20. The van der Waals surface area contributed by atoms with Crippen molar-refractivity contribution >= 4 is 26.8 Å². The third-order valence-corrected chi connectivity index (χ3v) is 2.90. The van der Waals surface area contributed by atoms with E-state index in [1.165, 1.54) is 16.5 Å². The highest BCUT2D eigenvalue weighted by Gasteiger charge is 2.04. The normalized spacial score (nSPS) is 10.7. The average Bonchev–Trinajstić information content (AvgIpc) is 2.12. The van der Waals surface area contributed by atoms with E-state index in [9.17, 15) is 0 Å². The molecule has 13 heavy (non-hydrogen) atoms. The van der Waals surface area contributed by atoms with Gasteiger partial charge in [-0.2, -0.15) is 0 Å². The molecule has 0 amide bonds. The number of aryl methyl sites for hydroxylation is 2. The van der Waals surface area contributed by atoms with Crippen LogP contribution in [0.3, 0.4) is 0 Å². The molecule has 0 saturated carbocycles. The maximum absolute atomic E-state index is 4.36. The quantitative estimate of drug-likeness (QED) is 0.680. The lowest BCUT2D eigenvalue weighted by molar-refractivity contribution is 1.34. The molecule has 1 aromatic heterocycles. The predicted molar refractivity (Wildman–Crippen MR) is 58.9 cm³/mol. The second-order valence-corrected chi connectivity index (χ2v) is 4.07. The summed E-state index contributed by atoms with van der Waals surface area (Å²) in [6.07, 6.45) is 1.85. The number of fused-ring (bicyclic) bond motifs is 1. The summed E-state index contributed by atoms with van der Waals surface area (Å²) >= 11 is 3.50. The van der Waals surface area contributed by atoms with Crippen LogP contribution in [0.15, 0.2) is 28.9 Å². The SMILES string of the molecule is Cc1ccnc2c(Br)ccc(C)c12.